The van der Waals surface area contributed by atoms with Crippen molar-refractivity contribution in [1.29, 1.82) is 0 Å². The quantitative estimate of drug-likeness (QED) is 0.593. The number of hydrogen-bond acceptors (Lipinski definition) is 4. The van der Waals surface area contributed by atoms with Crippen molar-refractivity contribution in [3.05, 3.63) is 64.7 Å². The third-order valence-corrected chi connectivity index (χ3v) is 6.54. The lowest BCUT2D eigenvalue weighted by molar-refractivity contribution is -0.125. The van der Waals surface area contributed by atoms with Gasteiger partial charge in [0.15, 0.2) is 0 Å². The summed E-state index contributed by atoms with van der Waals surface area (Å²) in [5.74, 6) is -0.109. The normalized spacial score (nSPS) is 15.8. The highest BCUT2D eigenvalue weighted by atomic mass is 35.5. The number of amides is 3. The van der Waals surface area contributed by atoms with E-state index in [1.54, 1.807) is 60.5 Å². The molecule has 0 spiro atoms. The molecule has 3 rings (SSSR count). The molecule has 0 aromatic heterocycles. The number of rotatable bonds is 8. The molecule has 0 aliphatic carbocycles. The van der Waals surface area contributed by atoms with Crippen LogP contribution in [0.5, 0.6) is 5.75 Å². The van der Waals surface area contributed by atoms with Crippen molar-refractivity contribution in [2.75, 3.05) is 20.2 Å². The van der Waals surface area contributed by atoms with Crippen LogP contribution in [0.1, 0.15) is 53.8 Å². The maximum atomic E-state index is 13.1. The van der Waals surface area contributed by atoms with Crippen LogP contribution in [0.4, 0.5) is 0 Å². The van der Waals surface area contributed by atoms with Crippen LogP contribution < -0.4 is 15.4 Å². The van der Waals surface area contributed by atoms with Crippen LogP contribution in [0.25, 0.3) is 0 Å². The molecule has 2 N–H and O–H groups in total. The maximum absolute atomic E-state index is 13.1. The largest absolute Gasteiger partial charge is 0.497 e. The molecule has 182 valence electrons. The molecule has 3 amide bonds. The zero-order valence-corrected chi connectivity index (χ0v) is 20.6. The summed E-state index contributed by atoms with van der Waals surface area (Å²) in [7, 11) is 1.54. The van der Waals surface area contributed by atoms with Crippen molar-refractivity contribution in [1.82, 2.24) is 15.5 Å². The third kappa shape index (κ3) is 6.50. The molecule has 8 heteroatoms. The van der Waals surface area contributed by atoms with Gasteiger partial charge in [-0.2, -0.15) is 0 Å². The Balaban J connectivity index is 1.70. The minimum atomic E-state index is -0.694. The van der Waals surface area contributed by atoms with E-state index in [-0.39, 0.29) is 29.7 Å². The first-order valence-electron chi connectivity index (χ1n) is 11.6. The molecule has 1 heterocycles. The summed E-state index contributed by atoms with van der Waals surface area (Å²) in [5, 5.41) is 6.52. The minimum Gasteiger partial charge on any atom is -0.497 e. The SMILES string of the molecule is CC[C@H](C)NC(=O)[C@H](NC(=O)c1cccc(OC)c1)C1CCN(C(=O)c2ccc(Cl)cc2)CC1. The van der Waals surface area contributed by atoms with E-state index in [9.17, 15) is 14.4 Å². The van der Waals surface area contributed by atoms with Gasteiger partial charge < -0.3 is 20.3 Å². The molecule has 1 aliphatic heterocycles. The molecular weight excluding hydrogens is 454 g/mol. The van der Waals surface area contributed by atoms with E-state index < -0.39 is 6.04 Å². The van der Waals surface area contributed by atoms with Crippen molar-refractivity contribution in [3.63, 3.8) is 0 Å². The van der Waals surface area contributed by atoms with Gasteiger partial charge >= 0.3 is 0 Å². The highest BCUT2D eigenvalue weighted by Gasteiger charge is 2.34. The van der Waals surface area contributed by atoms with Crippen LogP contribution in [0.15, 0.2) is 48.5 Å². The second kappa shape index (κ2) is 11.9. The first kappa shape index (κ1) is 25.6. The van der Waals surface area contributed by atoms with Gasteiger partial charge in [-0.05, 0) is 74.6 Å². The van der Waals surface area contributed by atoms with Crippen molar-refractivity contribution in [2.45, 2.75) is 45.2 Å². The number of piperidine rings is 1. The van der Waals surface area contributed by atoms with E-state index in [1.165, 1.54) is 0 Å². The second-order valence-electron chi connectivity index (χ2n) is 8.64. The van der Waals surface area contributed by atoms with Crippen LogP contribution >= 0.6 is 11.6 Å². The van der Waals surface area contributed by atoms with Crippen LogP contribution in [-0.2, 0) is 4.79 Å². The van der Waals surface area contributed by atoms with E-state index in [4.69, 9.17) is 16.3 Å². The summed E-state index contributed by atoms with van der Waals surface area (Å²) in [6, 6.07) is 13.0. The maximum Gasteiger partial charge on any atom is 0.253 e. The molecule has 0 radical (unpaired) electrons. The predicted molar refractivity (Wildman–Crippen MR) is 132 cm³/mol. The first-order chi connectivity index (χ1) is 16.3. The second-order valence-corrected chi connectivity index (χ2v) is 9.07. The Morgan fingerprint density at radius 2 is 1.74 bits per heavy atom. The van der Waals surface area contributed by atoms with Gasteiger partial charge in [0.05, 0.1) is 7.11 Å². The number of likely N-dealkylation sites (tertiary alicyclic amines) is 1. The van der Waals surface area contributed by atoms with Crippen molar-refractivity contribution < 1.29 is 19.1 Å². The monoisotopic (exact) mass is 485 g/mol. The van der Waals surface area contributed by atoms with Gasteiger partial charge in [0.1, 0.15) is 11.8 Å². The zero-order chi connectivity index (χ0) is 24.7. The van der Waals surface area contributed by atoms with E-state index in [2.05, 4.69) is 10.6 Å². The lowest BCUT2D eigenvalue weighted by Gasteiger charge is -2.36. The summed E-state index contributed by atoms with van der Waals surface area (Å²) >= 11 is 5.93. The standard InChI is InChI=1S/C26H32ClN3O4/c1-4-17(2)28-25(32)23(29-24(31)20-6-5-7-22(16-20)34-3)18-12-14-30(15-13-18)26(33)19-8-10-21(27)11-9-19/h5-11,16-18,23H,4,12-15H2,1-3H3,(H,28,32)(H,29,31)/t17-,23+/m0/s1. The molecular formula is C26H32ClN3O4. The molecule has 0 bridgehead atoms. The Morgan fingerprint density at radius 3 is 2.35 bits per heavy atom. The van der Waals surface area contributed by atoms with Gasteiger partial charge in [0, 0.05) is 35.3 Å². The Labute approximate surface area is 205 Å². The number of nitrogens with one attached hydrogen (secondary N) is 2. The Bertz CT molecular complexity index is 1000. The first-order valence-corrected chi connectivity index (χ1v) is 12.0. The van der Waals surface area contributed by atoms with E-state index >= 15 is 0 Å². The Kier molecular flexibility index (Phi) is 8.93. The van der Waals surface area contributed by atoms with Crippen LogP contribution in [0, 0.1) is 5.92 Å². The molecule has 1 saturated heterocycles. The molecule has 2 atom stereocenters. The van der Waals surface area contributed by atoms with Crippen LogP contribution in [0.3, 0.4) is 0 Å². The number of methoxy groups -OCH3 is 1. The van der Waals surface area contributed by atoms with Crippen LogP contribution in [-0.4, -0.2) is 54.9 Å². The number of ether oxygens (including phenoxy) is 1. The number of halogens is 1. The Morgan fingerprint density at radius 1 is 1.06 bits per heavy atom. The smallest absolute Gasteiger partial charge is 0.253 e. The summed E-state index contributed by atoms with van der Waals surface area (Å²) in [5.41, 5.74) is 1.01. The highest BCUT2D eigenvalue weighted by Crippen LogP contribution is 2.24. The molecule has 0 unspecified atom stereocenters. The number of hydrogen-bond donors (Lipinski definition) is 2. The topological polar surface area (TPSA) is 87.7 Å². The molecule has 1 aliphatic rings. The van der Waals surface area contributed by atoms with Gasteiger partial charge in [-0.25, -0.2) is 0 Å². The van der Waals surface area contributed by atoms with Gasteiger partial charge in [-0.1, -0.05) is 24.6 Å². The average molecular weight is 486 g/mol. The number of benzene rings is 2. The van der Waals surface area contributed by atoms with E-state index in [1.807, 2.05) is 13.8 Å². The van der Waals surface area contributed by atoms with Gasteiger partial charge in [-0.15, -0.1) is 0 Å². The summed E-state index contributed by atoms with van der Waals surface area (Å²) in [6.45, 7) is 4.95. The predicted octanol–water partition coefficient (Wildman–Crippen LogP) is 3.91. The van der Waals surface area contributed by atoms with Crippen molar-refractivity contribution >= 4 is 29.3 Å². The highest BCUT2D eigenvalue weighted by molar-refractivity contribution is 6.30. The zero-order valence-electron chi connectivity index (χ0n) is 19.8. The average Bonchev–Trinajstić information content (AvgIpc) is 2.87. The van der Waals surface area contributed by atoms with Crippen LogP contribution in [0.2, 0.25) is 5.02 Å². The fraction of sp³-hybridized carbons (Fsp3) is 0.423. The number of carbonyl (C=O) groups is 3. The molecule has 7 nitrogen and oxygen atoms in total. The summed E-state index contributed by atoms with van der Waals surface area (Å²) in [6.07, 6.45) is 2.00. The lowest BCUT2D eigenvalue weighted by atomic mass is 9.88. The molecule has 1 fully saturated rings. The Hall–Kier alpha value is -3.06. The fourth-order valence-corrected chi connectivity index (χ4v) is 4.16. The third-order valence-electron chi connectivity index (χ3n) is 6.29. The number of carbonyl (C=O) groups excluding carboxylic acids is 3. The molecule has 34 heavy (non-hydrogen) atoms. The molecule has 2 aromatic carbocycles. The number of nitrogens with zero attached hydrogens (tertiary/aromatic N) is 1. The molecule has 0 saturated carbocycles. The fourth-order valence-electron chi connectivity index (χ4n) is 4.03. The van der Waals surface area contributed by atoms with Gasteiger partial charge in [0.2, 0.25) is 5.91 Å². The summed E-state index contributed by atoms with van der Waals surface area (Å²) < 4.78 is 5.21. The molecule has 2 aromatic rings. The van der Waals surface area contributed by atoms with Gasteiger partial charge in [-0.3, -0.25) is 14.4 Å². The van der Waals surface area contributed by atoms with Gasteiger partial charge in [0.25, 0.3) is 11.8 Å². The lowest BCUT2D eigenvalue weighted by Crippen LogP contribution is -2.55. The van der Waals surface area contributed by atoms with Crippen molar-refractivity contribution in [2.24, 2.45) is 5.92 Å². The van der Waals surface area contributed by atoms with Crippen molar-refractivity contribution in [3.8, 4) is 5.75 Å². The van der Waals surface area contributed by atoms with E-state index in [0.717, 1.165) is 6.42 Å². The minimum absolute atomic E-state index is 0.00436. The van der Waals surface area contributed by atoms with E-state index in [0.29, 0.717) is 47.8 Å². The summed E-state index contributed by atoms with van der Waals surface area (Å²) in [4.78, 5) is 40.8.